The van der Waals surface area contributed by atoms with Gasteiger partial charge in [0.2, 0.25) is 0 Å². The Kier molecular flexibility index (Phi) is 3.51. The molecule has 2 fully saturated rings. The topological polar surface area (TPSA) is 51.2 Å². The van der Waals surface area contributed by atoms with E-state index in [1.54, 1.807) is 24.5 Å². The summed E-state index contributed by atoms with van der Waals surface area (Å²) in [4.78, 5) is 16.0. The highest BCUT2D eigenvalue weighted by molar-refractivity contribution is 5.94. The van der Waals surface area contributed by atoms with Gasteiger partial charge in [-0.05, 0) is 31.4 Å². The van der Waals surface area contributed by atoms with Gasteiger partial charge in [-0.15, -0.1) is 0 Å². The Morgan fingerprint density at radius 2 is 2.00 bits per heavy atom. The van der Waals surface area contributed by atoms with Gasteiger partial charge in [-0.2, -0.15) is 0 Å². The average molecular weight is 260 g/mol. The zero-order valence-electron chi connectivity index (χ0n) is 11.1. The number of carbonyl (C=O) groups is 1. The van der Waals surface area contributed by atoms with E-state index in [2.05, 4.69) is 10.3 Å². The summed E-state index contributed by atoms with van der Waals surface area (Å²) in [6.07, 6.45) is 10.4. The molecule has 0 aromatic carbocycles. The predicted molar refractivity (Wildman–Crippen MR) is 71.9 cm³/mol. The van der Waals surface area contributed by atoms with Crippen molar-refractivity contribution >= 4 is 5.91 Å². The SMILES string of the molecule is O=C(NC1COC2(CCCCC2)C1)c1ccncc1. The summed E-state index contributed by atoms with van der Waals surface area (Å²) in [5.41, 5.74) is 0.716. The molecule has 1 spiro atoms. The number of nitrogens with one attached hydrogen (secondary N) is 1. The van der Waals surface area contributed by atoms with E-state index in [0.717, 1.165) is 19.3 Å². The Hall–Kier alpha value is -1.42. The van der Waals surface area contributed by atoms with Gasteiger partial charge in [0.1, 0.15) is 0 Å². The molecule has 0 radical (unpaired) electrons. The summed E-state index contributed by atoms with van der Waals surface area (Å²) in [5, 5.41) is 3.08. The van der Waals surface area contributed by atoms with E-state index in [1.165, 1.54) is 19.3 Å². The normalized spacial score (nSPS) is 25.4. The second kappa shape index (κ2) is 5.29. The Morgan fingerprint density at radius 3 is 2.74 bits per heavy atom. The molecule has 19 heavy (non-hydrogen) atoms. The van der Waals surface area contributed by atoms with E-state index < -0.39 is 0 Å². The second-order valence-electron chi connectivity index (χ2n) is 5.67. The zero-order valence-corrected chi connectivity index (χ0v) is 11.1. The Bertz CT molecular complexity index is 441. The lowest BCUT2D eigenvalue weighted by molar-refractivity contribution is -0.0246. The minimum absolute atomic E-state index is 0.0242. The highest BCUT2D eigenvalue weighted by Gasteiger charge is 2.41. The molecule has 1 atom stereocenters. The summed E-state index contributed by atoms with van der Waals surface area (Å²) in [5.74, 6) is -0.0242. The van der Waals surface area contributed by atoms with Crippen LogP contribution < -0.4 is 5.32 Å². The maximum Gasteiger partial charge on any atom is 0.251 e. The van der Waals surface area contributed by atoms with E-state index in [0.29, 0.717) is 12.2 Å². The van der Waals surface area contributed by atoms with E-state index in [9.17, 15) is 4.79 Å². The minimum atomic E-state index is -0.0242. The van der Waals surface area contributed by atoms with Gasteiger partial charge >= 0.3 is 0 Å². The fraction of sp³-hybridized carbons (Fsp3) is 0.600. The minimum Gasteiger partial charge on any atom is -0.373 e. The van der Waals surface area contributed by atoms with Gasteiger partial charge in [-0.25, -0.2) is 0 Å². The van der Waals surface area contributed by atoms with Crippen LogP contribution in [0.4, 0.5) is 0 Å². The number of ether oxygens (including phenoxy) is 1. The van der Waals surface area contributed by atoms with Crippen LogP contribution in [0, 0.1) is 0 Å². The van der Waals surface area contributed by atoms with Crippen molar-refractivity contribution in [3.63, 3.8) is 0 Å². The van der Waals surface area contributed by atoms with Crippen molar-refractivity contribution < 1.29 is 9.53 Å². The molecule has 2 aliphatic rings. The first-order valence-corrected chi connectivity index (χ1v) is 7.12. The van der Waals surface area contributed by atoms with Crippen LogP contribution in [-0.2, 0) is 4.74 Å². The third kappa shape index (κ3) is 2.78. The van der Waals surface area contributed by atoms with Crippen molar-refractivity contribution in [1.82, 2.24) is 10.3 Å². The lowest BCUT2D eigenvalue weighted by atomic mass is 9.82. The van der Waals surface area contributed by atoms with Crippen LogP contribution in [0.1, 0.15) is 48.9 Å². The van der Waals surface area contributed by atoms with Crippen LogP contribution in [0.2, 0.25) is 0 Å². The van der Waals surface area contributed by atoms with Gasteiger partial charge in [-0.3, -0.25) is 9.78 Å². The first-order valence-electron chi connectivity index (χ1n) is 7.12. The van der Waals surface area contributed by atoms with E-state index in [4.69, 9.17) is 4.74 Å². The molecule has 1 saturated heterocycles. The van der Waals surface area contributed by atoms with Crippen LogP contribution in [0.5, 0.6) is 0 Å². The number of carbonyl (C=O) groups excluding carboxylic acids is 1. The number of hydrogen-bond acceptors (Lipinski definition) is 3. The van der Waals surface area contributed by atoms with Crippen molar-refractivity contribution in [2.45, 2.75) is 50.2 Å². The summed E-state index contributed by atoms with van der Waals surface area (Å²) in [6, 6.07) is 3.63. The first-order chi connectivity index (χ1) is 9.27. The molecular weight excluding hydrogens is 240 g/mol. The summed E-state index contributed by atoms with van der Waals surface area (Å²) in [7, 11) is 0. The molecule has 1 unspecified atom stereocenters. The molecular formula is C15H20N2O2. The first kappa shape index (κ1) is 12.6. The molecule has 1 aliphatic heterocycles. The molecule has 4 nitrogen and oxygen atoms in total. The third-order valence-corrected chi connectivity index (χ3v) is 4.25. The lowest BCUT2D eigenvalue weighted by Gasteiger charge is -2.32. The third-order valence-electron chi connectivity index (χ3n) is 4.25. The largest absolute Gasteiger partial charge is 0.373 e. The van der Waals surface area contributed by atoms with Gasteiger partial charge in [0.15, 0.2) is 0 Å². The number of pyridine rings is 1. The number of hydrogen-bond donors (Lipinski definition) is 1. The molecule has 4 heteroatoms. The van der Waals surface area contributed by atoms with Crippen molar-refractivity contribution in [3.8, 4) is 0 Å². The number of amides is 1. The number of nitrogens with zero attached hydrogens (tertiary/aromatic N) is 1. The van der Waals surface area contributed by atoms with Crippen LogP contribution >= 0.6 is 0 Å². The summed E-state index contributed by atoms with van der Waals surface area (Å²) < 4.78 is 6.00. The molecule has 1 aliphatic carbocycles. The molecule has 1 saturated carbocycles. The number of aromatic nitrogens is 1. The Morgan fingerprint density at radius 1 is 1.26 bits per heavy atom. The number of rotatable bonds is 2. The van der Waals surface area contributed by atoms with Gasteiger partial charge in [0.25, 0.3) is 5.91 Å². The highest BCUT2D eigenvalue weighted by Crippen LogP contribution is 2.39. The fourth-order valence-corrected chi connectivity index (χ4v) is 3.25. The zero-order chi connectivity index (χ0) is 13.1. The van der Waals surface area contributed by atoms with Gasteiger partial charge in [-0.1, -0.05) is 19.3 Å². The highest BCUT2D eigenvalue weighted by atomic mass is 16.5. The van der Waals surface area contributed by atoms with Crippen molar-refractivity contribution in [1.29, 1.82) is 0 Å². The Balaban J connectivity index is 1.58. The van der Waals surface area contributed by atoms with Crippen molar-refractivity contribution in [3.05, 3.63) is 30.1 Å². The molecule has 102 valence electrons. The smallest absolute Gasteiger partial charge is 0.251 e. The molecule has 0 bridgehead atoms. The second-order valence-corrected chi connectivity index (χ2v) is 5.67. The van der Waals surface area contributed by atoms with Gasteiger partial charge in [0, 0.05) is 18.0 Å². The fourth-order valence-electron chi connectivity index (χ4n) is 3.25. The molecule has 3 rings (SSSR count). The summed E-state index contributed by atoms with van der Waals surface area (Å²) in [6.45, 7) is 0.650. The molecule has 2 heterocycles. The van der Waals surface area contributed by atoms with E-state index in [-0.39, 0.29) is 17.6 Å². The quantitative estimate of drug-likeness (QED) is 0.887. The molecule has 1 aromatic heterocycles. The van der Waals surface area contributed by atoms with Crippen molar-refractivity contribution in [2.75, 3.05) is 6.61 Å². The van der Waals surface area contributed by atoms with Crippen molar-refractivity contribution in [2.24, 2.45) is 0 Å². The van der Waals surface area contributed by atoms with Crippen LogP contribution in [-0.4, -0.2) is 29.1 Å². The van der Waals surface area contributed by atoms with Gasteiger partial charge < -0.3 is 10.1 Å². The van der Waals surface area contributed by atoms with Crippen LogP contribution in [0.15, 0.2) is 24.5 Å². The van der Waals surface area contributed by atoms with E-state index >= 15 is 0 Å². The van der Waals surface area contributed by atoms with Gasteiger partial charge in [0.05, 0.1) is 18.2 Å². The lowest BCUT2D eigenvalue weighted by Crippen LogP contribution is -2.37. The molecule has 1 N–H and O–H groups in total. The average Bonchev–Trinajstić information content (AvgIpc) is 2.83. The maximum atomic E-state index is 12.1. The maximum absolute atomic E-state index is 12.1. The van der Waals surface area contributed by atoms with Crippen LogP contribution in [0.25, 0.3) is 0 Å². The molecule has 1 aromatic rings. The predicted octanol–water partition coefficient (Wildman–Crippen LogP) is 2.30. The van der Waals surface area contributed by atoms with Crippen LogP contribution in [0.3, 0.4) is 0 Å². The Labute approximate surface area is 113 Å². The standard InChI is InChI=1S/C15H20N2O2/c18-14(12-4-8-16-9-5-12)17-13-10-15(19-11-13)6-2-1-3-7-15/h4-5,8-9,13H,1-3,6-7,10-11H2,(H,17,18). The monoisotopic (exact) mass is 260 g/mol. The van der Waals surface area contributed by atoms with E-state index in [1.807, 2.05) is 0 Å². The summed E-state index contributed by atoms with van der Waals surface area (Å²) >= 11 is 0. The molecule has 1 amide bonds.